The first-order chi connectivity index (χ1) is 12.1. The fraction of sp³-hybridized carbons (Fsp3) is 0.118. The number of aromatic nitrogens is 3. The average Bonchev–Trinajstić information content (AvgIpc) is 3.07. The van der Waals surface area contributed by atoms with E-state index in [9.17, 15) is 9.18 Å². The number of anilines is 1. The zero-order valence-electron chi connectivity index (χ0n) is 12.9. The molecule has 4 rings (SSSR count). The van der Waals surface area contributed by atoms with E-state index in [0.717, 1.165) is 0 Å². The Hall–Kier alpha value is -2.93. The molecular formula is C17H12ClFN4O2. The minimum Gasteiger partial charge on any atom is -0.482 e. The van der Waals surface area contributed by atoms with Crippen LogP contribution in [0.25, 0.3) is 5.69 Å². The monoisotopic (exact) mass is 358 g/mol. The molecular weight excluding hydrogens is 347 g/mol. The molecule has 3 aromatic rings. The van der Waals surface area contributed by atoms with Gasteiger partial charge in [-0.1, -0.05) is 16.8 Å². The summed E-state index contributed by atoms with van der Waals surface area (Å²) in [6, 6.07) is 11.0. The Labute approximate surface area is 147 Å². The van der Waals surface area contributed by atoms with Crippen LogP contribution < -0.4 is 9.64 Å². The number of carbonyl (C=O) groups is 1. The number of hydrogen-bond acceptors (Lipinski definition) is 4. The van der Waals surface area contributed by atoms with Crippen molar-refractivity contribution < 1.29 is 13.9 Å². The van der Waals surface area contributed by atoms with E-state index in [-0.39, 0.29) is 24.9 Å². The van der Waals surface area contributed by atoms with E-state index in [1.165, 1.54) is 16.8 Å². The van der Waals surface area contributed by atoms with Gasteiger partial charge in [0.15, 0.2) is 6.61 Å². The van der Waals surface area contributed by atoms with Gasteiger partial charge in [0.2, 0.25) is 0 Å². The second-order valence-corrected chi connectivity index (χ2v) is 5.95. The van der Waals surface area contributed by atoms with Gasteiger partial charge in [0, 0.05) is 5.02 Å². The fourth-order valence-corrected chi connectivity index (χ4v) is 2.77. The number of ether oxygens (including phenoxy) is 1. The molecule has 0 atom stereocenters. The van der Waals surface area contributed by atoms with Crippen molar-refractivity contribution in [1.29, 1.82) is 0 Å². The van der Waals surface area contributed by atoms with Crippen LogP contribution in [-0.2, 0) is 11.3 Å². The maximum Gasteiger partial charge on any atom is 0.265 e. The number of nitrogens with zero attached hydrogens (tertiary/aromatic N) is 4. The van der Waals surface area contributed by atoms with Crippen LogP contribution in [0.5, 0.6) is 5.75 Å². The van der Waals surface area contributed by atoms with E-state index in [1.807, 2.05) is 0 Å². The predicted molar refractivity (Wildman–Crippen MR) is 89.5 cm³/mol. The summed E-state index contributed by atoms with van der Waals surface area (Å²) in [5, 5.41) is 8.63. The second kappa shape index (κ2) is 6.18. The number of carbonyl (C=O) groups excluding carboxylic acids is 1. The van der Waals surface area contributed by atoms with Gasteiger partial charge in [0.25, 0.3) is 5.91 Å². The van der Waals surface area contributed by atoms with Crippen LogP contribution in [0.4, 0.5) is 10.1 Å². The SMILES string of the molecule is O=C1COc2ccc(Cl)cc2N1Cc1cn(-c2ccc(F)cc2)nn1. The van der Waals surface area contributed by atoms with Gasteiger partial charge in [-0.3, -0.25) is 9.69 Å². The van der Waals surface area contributed by atoms with Gasteiger partial charge in [-0.25, -0.2) is 9.07 Å². The Morgan fingerprint density at radius 1 is 1.20 bits per heavy atom. The summed E-state index contributed by atoms with van der Waals surface area (Å²) in [6.07, 6.45) is 1.69. The molecule has 0 saturated heterocycles. The Morgan fingerprint density at radius 3 is 2.80 bits per heavy atom. The average molecular weight is 359 g/mol. The van der Waals surface area contributed by atoms with Gasteiger partial charge in [-0.15, -0.1) is 5.10 Å². The van der Waals surface area contributed by atoms with Crippen molar-refractivity contribution in [1.82, 2.24) is 15.0 Å². The molecule has 0 N–H and O–H groups in total. The summed E-state index contributed by atoms with van der Waals surface area (Å²) in [5.74, 6) is 0.0810. The summed E-state index contributed by atoms with van der Waals surface area (Å²) in [7, 11) is 0. The molecule has 1 aromatic heterocycles. The maximum atomic E-state index is 13.0. The topological polar surface area (TPSA) is 60.2 Å². The molecule has 0 fully saturated rings. The molecule has 6 nitrogen and oxygen atoms in total. The molecule has 1 aliphatic heterocycles. The van der Waals surface area contributed by atoms with E-state index in [0.29, 0.717) is 27.8 Å². The summed E-state index contributed by atoms with van der Waals surface area (Å²) in [5.41, 5.74) is 1.86. The molecule has 25 heavy (non-hydrogen) atoms. The van der Waals surface area contributed by atoms with Gasteiger partial charge < -0.3 is 4.74 Å². The number of benzene rings is 2. The molecule has 2 aromatic carbocycles. The highest BCUT2D eigenvalue weighted by atomic mass is 35.5. The molecule has 126 valence electrons. The van der Waals surface area contributed by atoms with Crippen LogP contribution >= 0.6 is 11.6 Å². The van der Waals surface area contributed by atoms with Crippen LogP contribution in [0.1, 0.15) is 5.69 Å². The Morgan fingerprint density at radius 2 is 2.00 bits per heavy atom. The molecule has 2 heterocycles. The van der Waals surface area contributed by atoms with Crippen molar-refractivity contribution in [2.24, 2.45) is 0 Å². The van der Waals surface area contributed by atoms with Crippen molar-refractivity contribution in [2.45, 2.75) is 6.54 Å². The summed E-state index contributed by atoms with van der Waals surface area (Å²) < 4.78 is 20.0. The quantitative estimate of drug-likeness (QED) is 0.722. The minimum absolute atomic E-state index is 0.0409. The lowest BCUT2D eigenvalue weighted by atomic mass is 10.2. The lowest BCUT2D eigenvalue weighted by Gasteiger charge is -2.28. The van der Waals surface area contributed by atoms with E-state index in [1.54, 1.807) is 41.4 Å². The Bertz CT molecular complexity index is 942. The number of hydrogen-bond donors (Lipinski definition) is 0. The molecule has 1 aliphatic rings. The third-order valence-electron chi connectivity index (χ3n) is 3.82. The molecule has 0 unspecified atom stereocenters. The van der Waals surface area contributed by atoms with Gasteiger partial charge in [0.1, 0.15) is 17.3 Å². The van der Waals surface area contributed by atoms with Gasteiger partial charge >= 0.3 is 0 Å². The predicted octanol–water partition coefficient (Wildman–Crippen LogP) is 2.99. The minimum atomic E-state index is -0.323. The summed E-state index contributed by atoms with van der Waals surface area (Å²) in [6.45, 7) is 0.192. The van der Waals surface area contributed by atoms with Crippen LogP contribution in [0.2, 0.25) is 5.02 Å². The van der Waals surface area contributed by atoms with Crippen molar-refractivity contribution in [3.05, 3.63) is 65.2 Å². The fourth-order valence-electron chi connectivity index (χ4n) is 2.60. The molecule has 0 spiro atoms. The zero-order chi connectivity index (χ0) is 17.4. The lowest BCUT2D eigenvalue weighted by Crippen LogP contribution is -2.38. The van der Waals surface area contributed by atoms with Crippen LogP contribution in [0, 0.1) is 5.82 Å². The number of rotatable bonds is 3. The zero-order valence-corrected chi connectivity index (χ0v) is 13.7. The van der Waals surface area contributed by atoms with Crippen molar-refractivity contribution >= 4 is 23.2 Å². The molecule has 0 bridgehead atoms. The highest BCUT2D eigenvalue weighted by molar-refractivity contribution is 6.31. The normalized spacial score (nSPS) is 13.5. The number of fused-ring (bicyclic) bond motifs is 1. The van der Waals surface area contributed by atoms with Crippen molar-refractivity contribution in [3.8, 4) is 11.4 Å². The molecule has 0 aliphatic carbocycles. The first kappa shape index (κ1) is 15.6. The van der Waals surface area contributed by atoms with Crippen LogP contribution in [-0.4, -0.2) is 27.5 Å². The van der Waals surface area contributed by atoms with Crippen LogP contribution in [0.15, 0.2) is 48.7 Å². The van der Waals surface area contributed by atoms with Gasteiger partial charge in [-0.2, -0.15) is 0 Å². The number of amides is 1. The van der Waals surface area contributed by atoms with E-state index in [4.69, 9.17) is 16.3 Å². The molecule has 8 heteroatoms. The second-order valence-electron chi connectivity index (χ2n) is 5.51. The van der Waals surface area contributed by atoms with E-state index in [2.05, 4.69) is 10.3 Å². The third-order valence-corrected chi connectivity index (χ3v) is 4.05. The smallest absolute Gasteiger partial charge is 0.265 e. The Kier molecular flexibility index (Phi) is 3.85. The lowest BCUT2D eigenvalue weighted by molar-refractivity contribution is -0.121. The number of halogens is 2. The van der Waals surface area contributed by atoms with Gasteiger partial charge in [0.05, 0.1) is 24.1 Å². The summed E-state index contributed by atoms with van der Waals surface area (Å²) in [4.78, 5) is 13.8. The van der Waals surface area contributed by atoms with Gasteiger partial charge in [-0.05, 0) is 42.5 Å². The first-order valence-corrected chi connectivity index (χ1v) is 7.88. The highest BCUT2D eigenvalue weighted by Gasteiger charge is 2.26. The third kappa shape index (κ3) is 3.06. The van der Waals surface area contributed by atoms with Crippen molar-refractivity contribution in [2.75, 3.05) is 11.5 Å². The standard InChI is InChI=1S/C17H12ClFN4O2/c18-11-1-6-16-15(7-11)22(17(24)10-25-16)8-13-9-23(21-20-13)14-4-2-12(19)3-5-14/h1-7,9H,8,10H2. The molecule has 0 saturated carbocycles. The first-order valence-electron chi connectivity index (χ1n) is 7.50. The van der Waals surface area contributed by atoms with Crippen LogP contribution in [0.3, 0.4) is 0 Å². The molecule has 0 radical (unpaired) electrons. The van der Waals surface area contributed by atoms with E-state index >= 15 is 0 Å². The largest absolute Gasteiger partial charge is 0.482 e. The Balaban J connectivity index is 1.62. The maximum absolute atomic E-state index is 13.0. The highest BCUT2D eigenvalue weighted by Crippen LogP contribution is 2.35. The molecule has 1 amide bonds. The van der Waals surface area contributed by atoms with E-state index < -0.39 is 0 Å². The summed E-state index contributed by atoms with van der Waals surface area (Å²) >= 11 is 6.03. The van der Waals surface area contributed by atoms with Crippen molar-refractivity contribution in [3.63, 3.8) is 0 Å².